The first-order valence-corrected chi connectivity index (χ1v) is 21.0. The Morgan fingerprint density at radius 2 is 0.646 bits per heavy atom. The number of hydrogen-bond acceptors (Lipinski definition) is 6. The SMILES string of the molecule is CCCCCCCCCCCCOC(=O)C(C)(O)C(C)(OCCCCCCCCCCCC)C(=O)OCCCCCCCCCCCC. The molecule has 0 saturated heterocycles. The van der Waals surface area contributed by atoms with Crippen molar-refractivity contribution in [2.75, 3.05) is 19.8 Å². The molecular formula is C42H82O6. The molecule has 0 aromatic carbocycles. The van der Waals surface area contributed by atoms with Crippen molar-refractivity contribution in [3.63, 3.8) is 0 Å². The zero-order valence-corrected chi connectivity index (χ0v) is 32.8. The van der Waals surface area contributed by atoms with Gasteiger partial charge in [-0.3, -0.25) is 0 Å². The van der Waals surface area contributed by atoms with E-state index in [1.54, 1.807) is 0 Å². The molecule has 0 aliphatic carbocycles. The molecule has 6 heteroatoms. The van der Waals surface area contributed by atoms with Gasteiger partial charge in [-0.2, -0.15) is 0 Å². The van der Waals surface area contributed by atoms with Crippen molar-refractivity contribution in [2.45, 2.75) is 238 Å². The topological polar surface area (TPSA) is 82.1 Å². The van der Waals surface area contributed by atoms with Crippen LogP contribution in [0.2, 0.25) is 0 Å². The van der Waals surface area contributed by atoms with Gasteiger partial charge in [0.05, 0.1) is 13.2 Å². The molecule has 1 N–H and O–H groups in total. The fourth-order valence-electron chi connectivity index (χ4n) is 6.25. The minimum atomic E-state index is -2.15. The first-order valence-electron chi connectivity index (χ1n) is 21.0. The third-order valence-corrected chi connectivity index (χ3v) is 10.1. The van der Waals surface area contributed by atoms with E-state index in [0.29, 0.717) is 0 Å². The predicted molar refractivity (Wildman–Crippen MR) is 202 cm³/mol. The molecule has 0 fully saturated rings. The summed E-state index contributed by atoms with van der Waals surface area (Å²) in [6.07, 6.45) is 35.7. The van der Waals surface area contributed by atoms with Crippen LogP contribution < -0.4 is 0 Å². The molecule has 0 radical (unpaired) electrons. The average Bonchev–Trinajstić information content (AvgIpc) is 3.08. The molecule has 0 aromatic heterocycles. The average molecular weight is 683 g/mol. The summed E-state index contributed by atoms with van der Waals surface area (Å²) >= 11 is 0. The van der Waals surface area contributed by atoms with Gasteiger partial charge >= 0.3 is 11.9 Å². The van der Waals surface area contributed by atoms with E-state index in [9.17, 15) is 14.7 Å². The van der Waals surface area contributed by atoms with Gasteiger partial charge < -0.3 is 19.3 Å². The Morgan fingerprint density at radius 3 is 0.958 bits per heavy atom. The minimum Gasteiger partial charge on any atom is -0.463 e. The number of unbranched alkanes of at least 4 members (excludes halogenated alkanes) is 27. The first kappa shape index (κ1) is 46.9. The lowest BCUT2D eigenvalue weighted by Crippen LogP contribution is -2.62. The zero-order valence-electron chi connectivity index (χ0n) is 32.8. The molecule has 0 aromatic rings. The summed E-state index contributed by atoms with van der Waals surface area (Å²) in [4.78, 5) is 26.6. The van der Waals surface area contributed by atoms with Crippen molar-refractivity contribution in [3.8, 4) is 0 Å². The van der Waals surface area contributed by atoms with Crippen molar-refractivity contribution >= 4 is 11.9 Å². The lowest BCUT2D eigenvalue weighted by Gasteiger charge is -2.38. The Hall–Kier alpha value is -1.14. The molecule has 0 amide bonds. The molecular weight excluding hydrogens is 600 g/mol. The van der Waals surface area contributed by atoms with Crippen LogP contribution >= 0.6 is 0 Å². The van der Waals surface area contributed by atoms with Gasteiger partial charge in [0.15, 0.2) is 5.60 Å². The highest BCUT2D eigenvalue weighted by atomic mass is 16.6. The second-order valence-electron chi connectivity index (χ2n) is 14.8. The fraction of sp³-hybridized carbons (Fsp3) is 0.952. The molecule has 0 spiro atoms. The summed E-state index contributed by atoms with van der Waals surface area (Å²) in [5.41, 5.74) is -3.99. The van der Waals surface area contributed by atoms with Crippen molar-refractivity contribution in [2.24, 2.45) is 0 Å². The Morgan fingerprint density at radius 1 is 0.396 bits per heavy atom. The summed E-state index contributed by atoms with van der Waals surface area (Å²) in [5.74, 6) is -1.51. The molecule has 0 aliphatic heterocycles. The Balaban J connectivity index is 4.72. The van der Waals surface area contributed by atoms with Crippen LogP contribution in [-0.2, 0) is 23.8 Å². The van der Waals surface area contributed by atoms with E-state index >= 15 is 0 Å². The highest BCUT2D eigenvalue weighted by molar-refractivity contribution is 5.92. The second-order valence-corrected chi connectivity index (χ2v) is 14.8. The number of carbonyl (C=O) groups is 2. The van der Waals surface area contributed by atoms with Gasteiger partial charge in [-0.1, -0.05) is 194 Å². The third kappa shape index (κ3) is 24.1. The van der Waals surface area contributed by atoms with E-state index in [1.807, 2.05) is 0 Å². The van der Waals surface area contributed by atoms with Gasteiger partial charge in [-0.05, 0) is 33.1 Å². The van der Waals surface area contributed by atoms with Crippen molar-refractivity contribution in [3.05, 3.63) is 0 Å². The highest BCUT2D eigenvalue weighted by Gasteiger charge is 2.58. The molecule has 0 saturated carbocycles. The fourth-order valence-corrected chi connectivity index (χ4v) is 6.25. The van der Waals surface area contributed by atoms with Crippen LogP contribution in [0.1, 0.15) is 227 Å². The van der Waals surface area contributed by atoms with Gasteiger partial charge in [0.1, 0.15) is 0 Å². The first-order chi connectivity index (χ1) is 23.3. The van der Waals surface area contributed by atoms with E-state index < -0.39 is 23.1 Å². The molecule has 6 nitrogen and oxygen atoms in total. The van der Waals surface area contributed by atoms with E-state index in [-0.39, 0.29) is 19.8 Å². The van der Waals surface area contributed by atoms with Crippen LogP contribution in [0.5, 0.6) is 0 Å². The lowest BCUT2D eigenvalue weighted by atomic mass is 9.85. The number of carbonyl (C=O) groups excluding carboxylic acids is 2. The molecule has 2 atom stereocenters. The number of ether oxygens (including phenoxy) is 3. The Kier molecular flexibility index (Phi) is 32.2. The van der Waals surface area contributed by atoms with Gasteiger partial charge in [0, 0.05) is 6.61 Å². The van der Waals surface area contributed by atoms with Crippen LogP contribution in [-0.4, -0.2) is 48.1 Å². The van der Waals surface area contributed by atoms with E-state index in [1.165, 1.54) is 149 Å². The summed E-state index contributed by atoms with van der Waals surface area (Å²) < 4.78 is 17.2. The number of aliphatic hydroxyl groups is 1. The number of hydrogen-bond donors (Lipinski definition) is 1. The van der Waals surface area contributed by atoms with Crippen LogP contribution in [0.25, 0.3) is 0 Å². The summed E-state index contributed by atoms with van der Waals surface area (Å²) in [7, 11) is 0. The van der Waals surface area contributed by atoms with Gasteiger partial charge in [-0.25, -0.2) is 9.59 Å². The summed E-state index contributed by atoms with van der Waals surface area (Å²) in [5, 5.41) is 11.5. The monoisotopic (exact) mass is 683 g/mol. The zero-order chi connectivity index (χ0) is 35.6. The third-order valence-electron chi connectivity index (χ3n) is 10.1. The molecule has 2 unspecified atom stereocenters. The highest BCUT2D eigenvalue weighted by Crippen LogP contribution is 2.30. The van der Waals surface area contributed by atoms with Crippen LogP contribution in [0.3, 0.4) is 0 Å². The van der Waals surface area contributed by atoms with E-state index in [4.69, 9.17) is 14.2 Å². The molecule has 286 valence electrons. The minimum absolute atomic E-state index is 0.230. The van der Waals surface area contributed by atoms with Crippen molar-refractivity contribution < 1.29 is 28.9 Å². The van der Waals surface area contributed by atoms with Gasteiger partial charge in [0.2, 0.25) is 5.60 Å². The maximum atomic E-state index is 13.4. The lowest BCUT2D eigenvalue weighted by molar-refractivity contribution is -0.217. The summed E-state index contributed by atoms with van der Waals surface area (Å²) in [6, 6.07) is 0. The van der Waals surface area contributed by atoms with Crippen LogP contribution in [0.15, 0.2) is 0 Å². The van der Waals surface area contributed by atoms with Gasteiger partial charge in [-0.15, -0.1) is 0 Å². The second kappa shape index (κ2) is 33.0. The normalized spacial score (nSPS) is 14.0. The van der Waals surface area contributed by atoms with Gasteiger partial charge in [0.25, 0.3) is 0 Å². The molecule has 0 bridgehead atoms. The Labute approximate surface area is 298 Å². The molecule has 0 rings (SSSR count). The predicted octanol–water partition coefficient (Wildman–Crippen LogP) is 12.4. The maximum absolute atomic E-state index is 13.4. The molecule has 0 aliphatic rings. The molecule has 48 heavy (non-hydrogen) atoms. The summed E-state index contributed by atoms with van der Waals surface area (Å²) in [6.45, 7) is 10.3. The van der Waals surface area contributed by atoms with E-state index in [0.717, 1.165) is 57.8 Å². The standard InChI is InChI=1S/C42H82O6/c1-6-9-12-15-18-21-24-27-30-33-36-46-39(43)41(4,45)42(5,48-38-35-32-29-26-23-20-17-14-11-8-3)40(44)47-37-34-31-28-25-22-19-16-13-10-7-2/h45H,6-38H2,1-5H3. The quantitative estimate of drug-likeness (QED) is 0.0519. The van der Waals surface area contributed by atoms with Crippen LogP contribution in [0.4, 0.5) is 0 Å². The smallest absolute Gasteiger partial charge is 0.341 e. The number of esters is 2. The maximum Gasteiger partial charge on any atom is 0.341 e. The van der Waals surface area contributed by atoms with Crippen molar-refractivity contribution in [1.29, 1.82) is 0 Å². The van der Waals surface area contributed by atoms with Crippen LogP contribution in [0, 0.1) is 0 Å². The van der Waals surface area contributed by atoms with Crippen molar-refractivity contribution in [1.82, 2.24) is 0 Å². The molecule has 0 heterocycles. The Bertz CT molecular complexity index is 723. The number of rotatable bonds is 37. The van der Waals surface area contributed by atoms with E-state index in [2.05, 4.69) is 20.8 Å². The largest absolute Gasteiger partial charge is 0.463 e.